The average Bonchev–Trinajstić information content (AvgIpc) is 2.95. The van der Waals surface area contributed by atoms with Crippen molar-refractivity contribution in [2.45, 2.75) is 6.92 Å². The topological polar surface area (TPSA) is 89.7 Å². The SMILES string of the molecule is CCOC(=O)/C(N=Nc1ccc2c(c1)OCO2)=C(/O)CCl. The van der Waals surface area contributed by atoms with Crippen LogP contribution in [0.4, 0.5) is 5.69 Å². The summed E-state index contributed by atoms with van der Waals surface area (Å²) >= 11 is 5.50. The Balaban J connectivity index is 2.22. The molecule has 1 aromatic carbocycles. The average molecular weight is 313 g/mol. The molecule has 0 amide bonds. The summed E-state index contributed by atoms with van der Waals surface area (Å²) in [6, 6.07) is 4.91. The highest BCUT2D eigenvalue weighted by molar-refractivity contribution is 6.19. The highest BCUT2D eigenvalue weighted by Gasteiger charge is 2.17. The molecule has 0 bridgehead atoms. The predicted octanol–water partition coefficient (Wildman–Crippen LogP) is 3.07. The van der Waals surface area contributed by atoms with Crippen molar-refractivity contribution in [3.05, 3.63) is 29.7 Å². The first kappa shape index (κ1) is 15.1. The van der Waals surface area contributed by atoms with E-state index in [0.717, 1.165) is 0 Å². The lowest BCUT2D eigenvalue weighted by molar-refractivity contribution is -0.138. The Morgan fingerprint density at radius 2 is 2.19 bits per heavy atom. The van der Waals surface area contributed by atoms with E-state index in [2.05, 4.69) is 10.2 Å². The summed E-state index contributed by atoms with van der Waals surface area (Å²) in [4.78, 5) is 11.7. The Morgan fingerprint density at radius 1 is 1.43 bits per heavy atom. The second kappa shape index (κ2) is 6.94. The molecule has 112 valence electrons. The molecule has 1 aliphatic heterocycles. The van der Waals surface area contributed by atoms with Gasteiger partial charge in [-0.3, -0.25) is 0 Å². The van der Waals surface area contributed by atoms with Gasteiger partial charge in [-0.05, 0) is 19.1 Å². The van der Waals surface area contributed by atoms with Crippen molar-refractivity contribution in [3.8, 4) is 11.5 Å². The highest BCUT2D eigenvalue weighted by Crippen LogP contribution is 2.35. The summed E-state index contributed by atoms with van der Waals surface area (Å²) in [6.45, 7) is 1.94. The fraction of sp³-hybridized carbons (Fsp3) is 0.308. The molecular formula is C13H13ClN2O5. The van der Waals surface area contributed by atoms with E-state index in [9.17, 15) is 9.90 Å². The van der Waals surface area contributed by atoms with Gasteiger partial charge in [0.15, 0.2) is 11.5 Å². The molecule has 0 radical (unpaired) electrons. The number of rotatable bonds is 5. The number of ether oxygens (including phenoxy) is 3. The lowest BCUT2D eigenvalue weighted by Crippen LogP contribution is -2.09. The summed E-state index contributed by atoms with van der Waals surface area (Å²) in [7, 11) is 0. The van der Waals surface area contributed by atoms with Crippen LogP contribution in [-0.2, 0) is 9.53 Å². The maximum Gasteiger partial charge on any atom is 0.362 e. The Bertz CT molecular complexity index is 600. The first-order valence-electron chi connectivity index (χ1n) is 6.12. The zero-order valence-corrected chi connectivity index (χ0v) is 12.0. The van der Waals surface area contributed by atoms with Gasteiger partial charge in [-0.2, -0.15) is 5.11 Å². The molecule has 21 heavy (non-hydrogen) atoms. The van der Waals surface area contributed by atoms with Crippen LogP contribution in [0.25, 0.3) is 0 Å². The van der Waals surface area contributed by atoms with E-state index in [1.807, 2.05) is 0 Å². The van der Waals surface area contributed by atoms with Crippen LogP contribution in [0.5, 0.6) is 11.5 Å². The number of fused-ring (bicyclic) bond motifs is 1. The van der Waals surface area contributed by atoms with Crippen LogP contribution < -0.4 is 9.47 Å². The Labute approximate surface area is 125 Å². The van der Waals surface area contributed by atoms with Crippen molar-refractivity contribution in [1.82, 2.24) is 0 Å². The number of azo groups is 1. The van der Waals surface area contributed by atoms with Crippen molar-refractivity contribution in [2.75, 3.05) is 19.3 Å². The number of benzene rings is 1. The second-order valence-electron chi connectivity index (χ2n) is 3.89. The molecule has 0 aromatic heterocycles. The Morgan fingerprint density at radius 3 is 2.90 bits per heavy atom. The summed E-state index contributed by atoms with van der Waals surface area (Å²) in [6.07, 6.45) is 0. The third-order valence-corrected chi connectivity index (χ3v) is 2.74. The summed E-state index contributed by atoms with van der Waals surface area (Å²) in [5.41, 5.74) is 0.105. The zero-order valence-electron chi connectivity index (χ0n) is 11.2. The highest BCUT2D eigenvalue weighted by atomic mass is 35.5. The maximum atomic E-state index is 11.7. The Kier molecular flexibility index (Phi) is 4.99. The van der Waals surface area contributed by atoms with Gasteiger partial charge in [-0.1, -0.05) is 0 Å². The van der Waals surface area contributed by atoms with Crippen LogP contribution in [0, 0.1) is 0 Å². The zero-order chi connectivity index (χ0) is 15.2. The summed E-state index contributed by atoms with van der Waals surface area (Å²) < 4.78 is 15.1. The van der Waals surface area contributed by atoms with Crippen molar-refractivity contribution in [3.63, 3.8) is 0 Å². The number of halogens is 1. The van der Waals surface area contributed by atoms with Crippen LogP contribution >= 0.6 is 11.6 Å². The number of hydrogen-bond acceptors (Lipinski definition) is 7. The van der Waals surface area contributed by atoms with Crippen LogP contribution in [0.3, 0.4) is 0 Å². The second-order valence-corrected chi connectivity index (χ2v) is 4.15. The number of esters is 1. The number of nitrogens with zero attached hydrogens (tertiary/aromatic N) is 2. The number of carbonyl (C=O) groups excluding carboxylic acids is 1. The van der Waals surface area contributed by atoms with Crippen molar-refractivity contribution < 1.29 is 24.1 Å². The van der Waals surface area contributed by atoms with Crippen molar-refractivity contribution in [2.24, 2.45) is 10.2 Å². The molecule has 2 rings (SSSR count). The van der Waals surface area contributed by atoms with E-state index < -0.39 is 11.7 Å². The fourth-order valence-corrected chi connectivity index (χ4v) is 1.66. The lowest BCUT2D eigenvalue weighted by atomic mass is 10.3. The molecule has 0 unspecified atom stereocenters. The minimum Gasteiger partial charge on any atom is -0.508 e. The van der Waals surface area contributed by atoms with Crippen LogP contribution in [0.2, 0.25) is 0 Å². The molecule has 8 heteroatoms. The molecule has 1 aliphatic rings. The van der Waals surface area contributed by atoms with Crippen molar-refractivity contribution in [1.29, 1.82) is 0 Å². The van der Waals surface area contributed by atoms with Crippen molar-refractivity contribution >= 4 is 23.3 Å². The molecule has 0 saturated heterocycles. The first-order chi connectivity index (χ1) is 10.2. The van der Waals surface area contributed by atoms with E-state index in [1.54, 1.807) is 25.1 Å². The maximum absolute atomic E-state index is 11.7. The normalized spacial score (nSPS) is 14.2. The van der Waals surface area contributed by atoms with E-state index in [1.165, 1.54) is 0 Å². The van der Waals surface area contributed by atoms with Gasteiger partial charge >= 0.3 is 5.97 Å². The van der Waals surface area contributed by atoms with Gasteiger partial charge < -0.3 is 19.3 Å². The minimum atomic E-state index is -0.792. The minimum absolute atomic E-state index is 0.150. The molecule has 0 aliphatic carbocycles. The number of alkyl halides is 1. The van der Waals surface area contributed by atoms with Crippen LogP contribution in [-0.4, -0.2) is 30.4 Å². The standard InChI is InChI=1S/C13H13ClN2O5/c1-2-19-13(18)12(9(17)6-14)16-15-8-3-4-10-11(5-8)21-7-20-10/h3-5,17H,2,6-7H2,1H3/b12-9-,16-15?. The lowest BCUT2D eigenvalue weighted by Gasteiger charge is -2.03. The molecule has 0 saturated carbocycles. The number of carbonyl (C=O) groups is 1. The van der Waals surface area contributed by atoms with E-state index >= 15 is 0 Å². The quantitative estimate of drug-likeness (QED) is 0.297. The molecule has 7 nitrogen and oxygen atoms in total. The smallest absolute Gasteiger partial charge is 0.362 e. The first-order valence-corrected chi connectivity index (χ1v) is 6.65. The van der Waals surface area contributed by atoms with Gasteiger partial charge in [0, 0.05) is 6.07 Å². The van der Waals surface area contributed by atoms with E-state index in [4.69, 9.17) is 25.8 Å². The number of aliphatic hydroxyl groups is 1. The third-order valence-electron chi connectivity index (χ3n) is 2.49. The molecule has 0 atom stereocenters. The molecule has 0 spiro atoms. The molecule has 0 fully saturated rings. The van der Waals surface area contributed by atoms with Gasteiger partial charge in [0.2, 0.25) is 12.5 Å². The van der Waals surface area contributed by atoms with Crippen LogP contribution in [0.15, 0.2) is 39.9 Å². The molecule has 1 aromatic rings. The van der Waals surface area contributed by atoms with Gasteiger partial charge in [0.1, 0.15) is 5.76 Å². The Hall–Kier alpha value is -2.28. The van der Waals surface area contributed by atoms with E-state index in [-0.39, 0.29) is 25.0 Å². The molecule has 1 heterocycles. The largest absolute Gasteiger partial charge is 0.508 e. The monoisotopic (exact) mass is 312 g/mol. The predicted molar refractivity (Wildman–Crippen MR) is 74.1 cm³/mol. The third kappa shape index (κ3) is 3.63. The number of allylic oxidation sites excluding steroid dienone is 1. The molecular weight excluding hydrogens is 300 g/mol. The number of hydrogen-bond donors (Lipinski definition) is 1. The van der Waals surface area contributed by atoms with Crippen LogP contribution in [0.1, 0.15) is 6.92 Å². The van der Waals surface area contributed by atoms with E-state index in [0.29, 0.717) is 17.2 Å². The number of aliphatic hydroxyl groups excluding tert-OH is 1. The summed E-state index contributed by atoms with van der Waals surface area (Å²) in [5, 5.41) is 17.2. The van der Waals surface area contributed by atoms with Gasteiger partial charge in [0.05, 0.1) is 18.2 Å². The van der Waals surface area contributed by atoms with Gasteiger partial charge in [-0.15, -0.1) is 16.7 Å². The fourth-order valence-electron chi connectivity index (χ4n) is 1.53. The molecule has 1 N–H and O–H groups in total. The summed E-state index contributed by atoms with van der Waals surface area (Å²) in [5.74, 6) is -0.318. The van der Waals surface area contributed by atoms with Gasteiger partial charge in [0.25, 0.3) is 0 Å². The van der Waals surface area contributed by atoms with Gasteiger partial charge in [-0.25, -0.2) is 4.79 Å².